The van der Waals surface area contributed by atoms with E-state index in [1.807, 2.05) is 6.07 Å². The fourth-order valence-corrected chi connectivity index (χ4v) is 2.68. The van der Waals surface area contributed by atoms with E-state index in [0.29, 0.717) is 6.42 Å². The lowest BCUT2D eigenvalue weighted by Gasteiger charge is -2.36. The molecule has 1 unspecified atom stereocenters. The van der Waals surface area contributed by atoms with Crippen LogP contribution in [-0.4, -0.2) is 0 Å². The molecule has 1 aromatic rings. The van der Waals surface area contributed by atoms with Gasteiger partial charge in [0, 0.05) is 6.42 Å². The van der Waals surface area contributed by atoms with Crippen LogP contribution in [0, 0.1) is 16.7 Å². The summed E-state index contributed by atoms with van der Waals surface area (Å²) < 4.78 is 0. The molecule has 0 aromatic heterocycles. The van der Waals surface area contributed by atoms with Crippen molar-refractivity contribution in [1.82, 2.24) is 0 Å². The molecule has 0 saturated heterocycles. The van der Waals surface area contributed by atoms with Gasteiger partial charge in [0.15, 0.2) is 0 Å². The van der Waals surface area contributed by atoms with Gasteiger partial charge in [0.25, 0.3) is 0 Å². The Morgan fingerprint density at radius 1 is 1.06 bits per heavy atom. The summed E-state index contributed by atoms with van der Waals surface area (Å²) in [5, 5.41) is 8.82. The zero-order chi connectivity index (χ0) is 12.9. The van der Waals surface area contributed by atoms with Crippen LogP contribution in [0.1, 0.15) is 52.5 Å². The van der Waals surface area contributed by atoms with E-state index in [9.17, 15) is 0 Å². The molecule has 0 bridgehead atoms. The third-order valence-electron chi connectivity index (χ3n) is 3.18. The molecule has 1 rings (SSSR count). The van der Waals surface area contributed by atoms with Crippen molar-refractivity contribution >= 4 is 0 Å². The predicted octanol–water partition coefficient (Wildman–Crippen LogP) is 4.68. The second kappa shape index (κ2) is 5.36. The normalized spacial score (nSPS) is 15.0. The summed E-state index contributed by atoms with van der Waals surface area (Å²) >= 11 is 0. The minimum atomic E-state index is 0.106. The summed E-state index contributed by atoms with van der Waals surface area (Å²) in [5.74, 6) is 0. The predicted molar refractivity (Wildman–Crippen MR) is 72.7 cm³/mol. The van der Waals surface area contributed by atoms with Gasteiger partial charge in [-0.15, -0.1) is 0 Å². The van der Waals surface area contributed by atoms with E-state index in [4.69, 9.17) is 5.26 Å². The maximum atomic E-state index is 8.82. The highest BCUT2D eigenvalue weighted by Crippen LogP contribution is 2.39. The summed E-state index contributed by atoms with van der Waals surface area (Å²) in [5.41, 5.74) is 1.74. The van der Waals surface area contributed by atoms with Crippen molar-refractivity contribution in [1.29, 1.82) is 5.26 Å². The van der Waals surface area contributed by atoms with E-state index < -0.39 is 0 Å². The SMILES string of the molecule is CC(C)(C)CC(C)(CCC#N)c1ccccc1. The number of nitriles is 1. The molecule has 0 saturated carbocycles. The van der Waals surface area contributed by atoms with E-state index in [1.54, 1.807) is 0 Å². The van der Waals surface area contributed by atoms with Gasteiger partial charge in [-0.1, -0.05) is 58.0 Å². The molecule has 0 heterocycles. The highest BCUT2D eigenvalue weighted by molar-refractivity contribution is 5.25. The lowest BCUT2D eigenvalue weighted by Crippen LogP contribution is -2.28. The van der Waals surface area contributed by atoms with Gasteiger partial charge in [0.2, 0.25) is 0 Å². The van der Waals surface area contributed by atoms with Crippen LogP contribution < -0.4 is 0 Å². The average Bonchev–Trinajstić information content (AvgIpc) is 2.25. The Kier molecular flexibility index (Phi) is 4.34. The number of nitrogens with zero attached hydrogens (tertiary/aromatic N) is 1. The fraction of sp³-hybridized carbons (Fsp3) is 0.562. The Balaban J connectivity index is 2.98. The van der Waals surface area contributed by atoms with E-state index in [2.05, 4.69) is 58.0 Å². The number of hydrogen-bond acceptors (Lipinski definition) is 1. The van der Waals surface area contributed by atoms with Crippen LogP contribution in [-0.2, 0) is 5.41 Å². The molecule has 0 spiro atoms. The summed E-state index contributed by atoms with van der Waals surface area (Å²) in [6.45, 7) is 9.08. The topological polar surface area (TPSA) is 23.8 Å². The van der Waals surface area contributed by atoms with Gasteiger partial charge in [0.05, 0.1) is 6.07 Å². The van der Waals surface area contributed by atoms with E-state index >= 15 is 0 Å². The second-order valence-electron chi connectivity index (χ2n) is 6.32. The highest BCUT2D eigenvalue weighted by atomic mass is 14.4. The highest BCUT2D eigenvalue weighted by Gasteiger charge is 2.31. The molecule has 1 atom stereocenters. The minimum Gasteiger partial charge on any atom is -0.198 e. The monoisotopic (exact) mass is 229 g/mol. The quantitative estimate of drug-likeness (QED) is 0.735. The van der Waals surface area contributed by atoms with Crippen LogP contribution in [0.25, 0.3) is 0 Å². The van der Waals surface area contributed by atoms with Crippen LogP contribution in [0.2, 0.25) is 0 Å². The number of hydrogen-bond donors (Lipinski definition) is 0. The van der Waals surface area contributed by atoms with Crippen molar-refractivity contribution in [3.8, 4) is 6.07 Å². The first-order valence-corrected chi connectivity index (χ1v) is 6.30. The summed E-state index contributed by atoms with van der Waals surface area (Å²) in [4.78, 5) is 0. The molecule has 1 aromatic carbocycles. The molecule has 17 heavy (non-hydrogen) atoms. The van der Waals surface area contributed by atoms with Crippen LogP contribution in [0.4, 0.5) is 0 Å². The first-order valence-electron chi connectivity index (χ1n) is 6.30. The smallest absolute Gasteiger partial charge is 0.0622 e. The molecule has 0 aliphatic carbocycles. The molecule has 0 radical (unpaired) electrons. The van der Waals surface area contributed by atoms with Crippen LogP contribution in [0.3, 0.4) is 0 Å². The van der Waals surface area contributed by atoms with Gasteiger partial charge in [-0.2, -0.15) is 5.26 Å². The lowest BCUT2D eigenvalue weighted by atomic mass is 9.69. The molecule has 0 fully saturated rings. The second-order valence-corrected chi connectivity index (χ2v) is 6.32. The third kappa shape index (κ3) is 4.23. The van der Waals surface area contributed by atoms with Gasteiger partial charge in [-0.05, 0) is 29.2 Å². The fourth-order valence-electron chi connectivity index (χ4n) is 2.68. The van der Waals surface area contributed by atoms with Gasteiger partial charge >= 0.3 is 0 Å². The van der Waals surface area contributed by atoms with Crippen molar-refractivity contribution in [3.63, 3.8) is 0 Å². The Bertz CT molecular complexity index is 380. The molecule has 0 amide bonds. The molecule has 0 N–H and O–H groups in total. The number of benzene rings is 1. The van der Waals surface area contributed by atoms with Crippen LogP contribution >= 0.6 is 0 Å². The van der Waals surface area contributed by atoms with Crippen molar-refractivity contribution in [2.75, 3.05) is 0 Å². The van der Waals surface area contributed by atoms with E-state index in [0.717, 1.165) is 12.8 Å². The average molecular weight is 229 g/mol. The minimum absolute atomic E-state index is 0.106. The zero-order valence-electron chi connectivity index (χ0n) is 11.5. The zero-order valence-corrected chi connectivity index (χ0v) is 11.5. The van der Waals surface area contributed by atoms with E-state index in [-0.39, 0.29) is 10.8 Å². The van der Waals surface area contributed by atoms with Crippen molar-refractivity contribution in [3.05, 3.63) is 35.9 Å². The first-order chi connectivity index (χ1) is 7.87. The Morgan fingerprint density at radius 3 is 2.12 bits per heavy atom. The molecule has 1 nitrogen and oxygen atoms in total. The Labute approximate surface area is 105 Å². The summed E-state index contributed by atoms with van der Waals surface area (Å²) in [6.07, 6.45) is 2.66. The molecular formula is C16H23N. The maximum absolute atomic E-state index is 8.82. The van der Waals surface area contributed by atoms with Crippen LogP contribution in [0.15, 0.2) is 30.3 Å². The molecule has 0 aliphatic heterocycles. The van der Waals surface area contributed by atoms with Gasteiger partial charge in [-0.25, -0.2) is 0 Å². The molecular weight excluding hydrogens is 206 g/mol. The van der Waals surface area contributed by atoms with Crippen molar-refractivity contribution < 1.29 is 0 Å². The lowest BCUT2D eigenvalue weighted by molar-refractivity contribution is 0.257. The maximum Gasteiger partial charge on any atom is 0.0622 e. The van der Waals surface area contributed by atoms with E-state index in [1.165, 1.54) is 5.56 Å². The van der Waals surface area contributed by atoms with Crippen LogP contribution in [0.5, 0.6) is 0 Å². The Hall–Kier alpha value is -1.29. The number of rotatable bonds is 4. The third-order valence-corrected chi connectivity index (χ3v) is 3.18. The molecule has 0 aliphatic rings. The standard InChI is InChI=1S/C16H23N/c1-15(2,3)13-16(4,11-8-12-17)14-9-6-5-7-10-14/h5-7,9-10H,8,11,13H2,1-4H3. The van der Waals surface area contributed by atoms with Gasteiger partial charge < -0.3 is 0 Å². The van der Waals surface area contributed by atoms with Crippen molar-refractivity contribution in [2.24, 2.45) is 5.41 Å². The van der Waals surface area contributed by atoms with Crippen molar-refractivity contribution in [2.45, 2.75) is 52.4 Å². The summed E-state index contributed by atoms with van der Waals surface area (Å²) in [7, 11) is 0. The van der Waals surface area contributed by atoms with Gasteiger partial charge in [0.1, 0.15) is 0 Å². The molecule has 1 heteroatoms. The first kappa shape index (κ1) is 13.8. The summed E-state index contributed by atoms with van der Waals surface area (Å²) in [6, 6.07) is 12.9. The largest absolute Gasteiger partial charge is 0.198 e. The Morgan fingerprint density at radius 2 is 1.65 bits per heavy atom. The van der Waals surface area contributed by atoms with Gasteiger partial charge in [-0.3, -0.25) is 0 Å². The molecule has 92 valence electrons.